The Morgan fingerprint density at radius 3 is 2.71 bits per heavy atom. The van der Waals surface area contributed by atoms with E-state index in [1.54, 1.807) is 0 Å². The van der Waals surface area contributed by atoms with Crippen LogP contribution >= 0.6 is 0 Å². The molecule has 1 fully saturated rings. The minimum absolute atomic E-state index is 0.247. The van der Waals surface area contributed by atoms with Crippen LogP contribution in [-0.2, 0) is 14.6 Å². The van der Waals surface area contributed by atoms with Crippen molar-refractivity contribution in [3.8, 4) is 0 Å². The predicted molar refractivity (Wildman–Crippen MR) is 69.1 cm³/mol. The number of likely N-dealkylation sites (N-methyl/N-ethyl adjacent to an activating group) is 1. The quantitative estimate of drug-likeness (QED) is 0.658. The molecule has 6 heteroatoms. The van der Waals surface area contributed by atoms with Crippen molar-refractivity contribution < 1.29 is 13.2 Å². The van der Waals surface area contributed by atoms with Crippen molar-refractivity contribution in [1.29, 1.82) is 0 Å². The van der Waals surface area contributed by atoms with E-state index in [1.807, 2.05) is 14.1 Å². The van der Waals surface area contributed by atoms with E-state index in [0.717, 1.165) is 32.8 Å². The third kappa shape index (κ3) is 6.98. The summed E-state index contributed by atoms with van der Waals surface area (Å²) >= 11 is 0. The standard InChI is InChI=1S/C11H24N2O3S/c1-12(2)9-11-10-13(6-7-16-11)5-4-8-17(3,14)15/h11H,4-10H2,1-3H3/t11-/m1/s1. The number of rotatable bonds is 6. The largest absolute Gasteiger partial charge is 0.374 e. The van der Waals surface area contributed by atoms with E-state index < -0.39 is 9.84 Å². The van der Waals surface area contributed by atoms with Gasteiger partial charge in [0.15, 0.2) is 0 Å². The van der Waals surface area contributed by atoms with Crippen molar-refractivity contribution in [1.82, 2.24) is 9.80 Å². The van der Waals surface area contributed by atoms with Gasteiger partial charge in [-0.2, -0.15) is 0 Å². The molecule has 0 aromatic carbocycles. The highest BCUT2D eigenvalue weighted by Crippen LogP contribution is 2.07. The van der Waals surface area contributed by atoms with Crippen molar-refractivity contribution in [3.63, 3.8) is 0 Å². The summed E-state index contributed by atoms with van der Waals surface area (Å²) in [5, 5.41) is 0. The summed E-state index contributed by atoms with van der Waals surface area (Å²) in [6.45, 7) is 4.33. The van der Waals surface area contributed by atoms with Crippen molar-refractivity contribution in [2.75, 3.05) is 58.9 Å². The molecule has 0 amide bonds. The Hall–Kier alpha value is -0.170. The van der Waals surface area contributed by atoms with Gasteiger partial charge < -0.3 is 9.64 Å². The number of morpholine rings is 1. The van der Waals surface area contributed by atoms with Crippen LogP contribution < -0.4 is 0 Å². The average molecular weight is 264 g/mol. The Morgan fingerprint density at radius 2 is 2.12 bits per heavy atom. The molecule has 0 bridgehead atoms. The SMILES string of the molecule is CN(C)C[C@@H]1CN(CCCS(C)(=O)=O)CCO1. The average Bonchev–Trinajstić information content (AvgIpc) is 2.15. The number of hydrogen-bond donors (Lipinski definition) is 0. The summed E-state index contributed by atoms with van der Waals surface area (Å²) in [7, 11) is 1.24. The van der Waals surface area contributed by atoms with Crippen LogP contribution in [0.3, 0.4) is 0 Å². The van der Waals surface area contributed by atoms with Crippen molar-refractivity contribution >= 4 is 9.84 Å². The van der Waals surface area contributed by atoms with Gasteiger partial charge >= 0.3 is 0 Å². The third-order valence-electron chi connectivity index (χ3n) is 2.78. The highest BCUT2D eigenvalue weighted by atomic mass is 32.2. The Kier molecular flexibility index (Phi) is 5.85. The van der Waals surface area contributed by atoms with E-state index in [4.69, 9.17) is 4.74 Å². The molecule has 0 unspecified atom stereocenters. The van der Waals surface area contributed by atoms with Gasteiger partial charge in [-0.1, -0.05) is 0 Å². The normalized spacial score (nSPS) is 23.2. The lowest BCUT2D eigenvalue weighted by Crippen LogP contribution is -2.46. The molecule has 1 aliphatic rings. The summed E-state index contributed by atoms with van der Waals surface area (Å²) in [6, 6.07) is 0. The second kappa shape index (κ2) is 6.68. The van der Waals surface area contributed by atoms with Crippen LogP contribution in [0.4, 0.5) is 0 Å². The molecule has 0 saturated carbocycles. The molecule has 1 heterocycles. The molecule has 17 heavy (non-hydrogen) atoms. The Balaban J connectivity index is 2.25. The lowest BCUT2D eigenvalue weighted by molar-refractivity contribution is -0.0378. The van der Waals surface area contributed by atoms with Crippen LogP contribution in [0, 0.1) is 0 Å². The van der Waals surface area contributed by atoms with Gasteiger partial charge in [0.05, 0.1) is 18.5 Å². The maximum absolute atomic E-state index is 11.0. The minimum atomic E-state index is -2.82. The maximum atomic E-state index is 11.0. The van der Waals surface area contributed by atoms with Crippen molar-refractivity contribution in [3.05, 3.63) is 0 Å². The van der Waals surface area contributed by atoms with Crippen molar-refractivity contribution in [2.24, 2.45) is 0 Å². The summed E-state index contributed by atoms with van der Waals surface area (Å²) in [5.74, 6) is 0.280. The highest BCUT2D eigenvalue weighted by Gasteiger charge is 2.20. The summed E-state index contributed by atoms with van der Waals surface area (Å²) < 4.78 is 27.7. The van der Waals surface area contributed by atoms with Gasteiger partial charge in [0.2, 0.25) is 0 Å². The van der Waals surface area contributed by atoms with Gasteiger partial charge in [0.25, 0.3) is 0 Å². The van der Waals surface area contributed by atoms with Gasteiger partial charge in [-0.05, 0) is 27.1 Å². The van der Waals surface area contributed by atoms with Crippen LogP contribution in [0.1, 0.15) is 6.42 Å². The Bertz CT molecular complexity index is 317. The fourth-order valence-electron chi connectivity index (χ4n) is 2.05. The number of ether oxygens (including phenoxy) is 1. The minimum Gasteiger partial charge on any atom is -0.374 e. The fourth-order valence-corrected chi connectivity index (χ4v) is 2.71. The molecule has 0 radical (unpaired) electrons. The van der Waals surface area contributed by atoms with E-state index in [9.17, 15) is 8.42 Å². The zero-order valence-corrected chi connectivity index (χ0v) is 11.9. The second-order valence-electron chi connectivity index (χ2n) is 5.04. The zero-order valence-electron chi connectivity index (χ0n) is 11.1. The predicted octanol–water partition coefficient (Wildman–Crippen LogP) is -0.316. The molecule has 1 rings (SSSR count). The molecule has 102 valence electrons. The number of sulfone groups is 1. The second-order valence-corrected chi connectivity index (χ2v) is 7.30. The Labute approximate surface area is 105 Å². The number of nitrogens with zero attached hydrogens (tertiary/aromatic N) is 2. The highest BCUT2D eigenvalue weighted by molar-refractivity contribution is 7.90. The van der Waals surface area contributed by atoms with E-state index in [0.29, 0.717) is 6.42 Å². The first-order valence-electron chi connectivity index (χ1n) is 6.03. The fraction of sp³-hybridized carbons (Fsp3) is 1.00. The first-order valence-corrected chi connectivity index (χ1v) is 8.09. The molecule has 0 spiro atoms. The summed E-state index contributed by atoms with van der Waals surface area (Å²) in [6.07, 6.45) is 2.26. The smallest absolute Gasteiger partial charge is 0.147 e. The molecule has 0 aliphatic carbocycles. The zero-order chi connectivity index (χ0) is 12.9. The van der Waals surface area contributed by atoms with Crippen molar-refractivity contribution in [2.45, 2.75) is 12.5 Å². The van der Waals surface area contributed by atoms with E-state index >= 15 is 0 Å². The van der Waals surface area contributed by atoms with E-state index in [2.05, 4.69) is 9.80 Å². The van der Waals surface area contributed by atoms with Gasteiger partial charge in [0, 0.05) is 25.9 Å². The molecule has 0 aromatic rings. The van der Waals surface area contributed by atoms with Crippen LogP contribution in [0.25, 0.3) is 0 Å². The molecule has 1 saturated heterocycles. The summed E-state index contributed by atoms with van der Waals surface area (Å²) in [5.41, 5.74) is 0. The van der Waals surface area contributed by atoms with Gasteiger partial charge in [-0.3, -0.25) is 4.90 Å². The van der Waals surface area contributed by atoms with E-state index in [-0.39, 0.29) is 11.9 Å². The van der Waals surface area contributed by atoms with E-state index in [1.165, 1.54) is 6.26 Å². The number of hydrogen-bond acceptors (Lipinski definition) is 5. The van der Waals surface area contributed by atoms with Crippen LogP contribution in [-0.4, -0.2) is 83.2 Å². The Morgan fingerprint density at radius 1 is 1.41 bits per heavy atom. The van der Waals surface area contributed by atoms with Gasteiger partial charge in [-0.15, -0.1) is 0 Å². The summed E-state index contributed by atoms with van der Waals surface area (Å²) in [4.78, 5) is 4.41. The van der Waals surface area contributed by atoms with Gasteiger partial charge in [-0.25, -0.2) is 8.42 Å². The lowest BCUT2D eigenvalue weighted by atomic mass is 10.2. The monoisotopic (exact) mass is 264 g/mol. The van der Waals surface area contributed by atoms with Crippen LogP contribution in [0.2, 0.25) is 0 Å². The molecular formula is C11H24N2O3S. The molecule has 0 N–H and O–H groups in total. The molecule has 1 atom stereocenters. The first-order chi connectivity index (χ1) is 7.87. The lowest BCUT2D eigenvalue weighted by Gasteiger charge is -2.34. The van der Waals surface area contributed by atoms with Crippen LogP contribution in [0.15, 0.2) is 0 Å². The van der Waals surface area contributed by atoms with Gasteiger partial charge in [0.1, 0.15) is 9.84 Å². The molecule has 1 aliphatic heterocycles. The molecular weight excluding hydrogens is 240 g/mol. The first kappa shape index (κ1) is 14.9. The molecule has 5 nitrogen and oxygen atoms in total. The molecule has 0 aromatic heterocycles. The third-order valence-corrected chi connectivity index (χ3v) is 3.81. The topological polar surface area (TPSA) is 49.9 Å². The van der Waals surface area contributed by atoms with Crippen LogP contribution in [0.5, 0.6) is 0 Å². The maximum Gasteiger partial charge on any atom is 0.147 e.